The van der Waals surface area contributed by atoms with Gasteiger partial charge in [-0.1, -0.05) is 41.9 Å². The Morgan fingerprint density at radius 1 is 1.09 bits per heavy atom. The number of hydrogen-bond donors (Lipinski definition) is 1. The van der Waals surface area contributed by atoms with Crippen LogP contribution in [0.15, 0.2) is 71.6 Å². The van der Waals surface area contributed by atoms with Crippen molar-refractivity contribution in [2.75, 3.05) is 11.2 Å². The summed E-state index contributed by atoms with van der Waals surface area (Å²) in [5.41, 5.74) is 1.74. The van der Waals surface area contributed by atoms with Gasteiger partial charge in [0.2, 0.25) is 5.91 Å². The number of carboxylic acids is 1. The Labute approximate surface area is 190 Å². The molecule has 3 aromatic carbocycles. The molecule has 0 saturated heterocycles. The number of halogens is 1. The fourth-order valence-electron chi connectivity index (χ4n) is 4.67. The van der Waals surface area contributed by atoms with Crippen LogP contribution in [0.2, 0.25) is 5.02 Å². The Morgan fingerprint density at radius 3 is 2.44 bits per heavy atom. The average molecular weight is 468 g/mol. The number of fused-ring (bicyclic) bond motifs is 2. The zero-order chi connectivity index (χ0) is 22.8. The number of carboxylic acid groups (broad SMARTS) is 1. The molecule has 2 atom stereocenters. The van der Waals surface area contributed by atoms with Crippen molar-refractivity contribution in [1.29, 1.82) is 0 Å². The second-order valence-corrected chi connectivity index (χ2v) is 10.7. The highest BCUT2D eigenvalue weighted by Gasteiger charge is 2.67. The Morgan fingerprint density at radius 2 is 1.78 bits per heavy atom. The summed E-state index contributed by atoms with van der Waals surface area (Å²) in [5, 5.41) is 10.1. The van der Waals surface area contributed by atoms with Crippen LogP contribution in [0.1, 0.15) is 33.8 Å². The molecular formula is C24H18ClNO5S. The lowest BCUT2D eigenvalue weighted by molar-refractivity contribution is -0.119. The fraction of sp³-hybridized carbons (Fsp3) is 0.167. The van der Waals surface area contributed by atoms with Crippen molar-refractivity contribution >= 4 is 44.7 Å². The van der Waals surface area contributed by atoms with Gasteiger partial charge >= 0.3 is 5.97 Å². The van der Waals surface area contributed by atoms with Crippen LogP contribution >= 0.6 is 11.6 Å². The number of hydrogen-bond acceptors (Lipinski definition) is 4. The van der Waals surface area contributed by atoms with Crippen LogP contribution in [0.3, 0.4) is 0 Å². The molecule has 1 aliphatic carbocycles. The number of amides is 1. The van der Waals surface area contributed by atoms with E-state index in [1.165, 1.54) is 17.0 Å². The molecule has 0 aromatic heterocycles. The first-order chi connectivity index (χ1) is 15.1. The highest BCUT2D eigenvalue weighted by molar-refractivity contribution is 7.90. The molecule has 6 nitrogen and oxygen atoms in total. The number of aromatic carboxylic acids is 1. The quantitative estimate of drug-likeness (QED) is 0.608. The summed E-state index contributed by atoms with van der Waals surface area (Å²) in [6.45, 7) is 0. The molecule has 1 amide bonds. The third kappa shape index (κ3) is 3.04. The molecule has 162 valence electrons. The zero-order valence-corrected chi connectivity index (χ0v) is 18.5. The molecule has 1 heterocycles. The number of para-hydroxylation sites is 1. The van der Waals surface area contributed by atoms with Gasteiger partial charge in [0, 0.05) is 17.2 Å². The number of benzene rings is 3. The summed E-state index contributed by atoms with van der Waals surface area (Å²) < 4.78 is 24.4. The van der Waals surface area contributed by atoms with Crippen LogP contribution in [0.25, 0.3) is 0 Å². The van der Waals surface area contributed by atoms with Gasteiger partial charge in [0.25, 0.3) is 0 Å². The molecule has 1 fully saturated rings. The molecule has 1 spiro atoms. The molecule has 1 saturated carbocycles. The highest BCUT2D eigenvalue weighted by Crippen LogP contribution is 2.67. The monoisotopic (exact) mass is 467 g/mol. The minimum Gasteiger partial charge on any atom is -0.478 e. The minimum atomic E-state index is -3.69. The SMILES string of the molecule is CS(=O)(=O)c1cc(C(=O)O)cc(N2C(=O)C3(CC3c3ccc(Cl)cc3)c3ccccc32)c1. The van der Waals surface area contributed by atoms with Crippen LogP contribution in [-0.4, -0.2) is 31.7 Å². The number of carbonyl (C=O) groups is 2. The molecule has 0 radical (unpaired) electrons. The lowest BCUT2D eigenvalue weighted by Gasteiger charge is -2.20. The van der Waals surface area contributed by atoms with Crippen LogP contribution in [-0.2, 0) is 20.0 Å². The van der Waals surface area contributed by atoms with E-state index >= 15 is 0 Å². The Hall–Kier alpha value is -3.16. The molecule has 8 heteroatoms. The van der Waals surface area contributed by atoms with Gasteiger partial charge in [-0.2, -0.15) is 0 Å². The molecule has 1 N–H and O–H groups in total. The normalized spacial score (nSPS) is 21.6. The highest BCUT2D eigenvalue weighted by atomic mass is 35.5. The standard InChI is InChI=1S/C24H18ClNO5S/c1-32(30,31)18-11-15(22(27)28)10-17(12-18)26-21-5-3-2-4-19(21)24(23(26)29)13-20(24)14-6-8-16(25)9-7-14/h2-12,20H,13H2,1H3,(H,27,28). The van der Waals surface area contributed by atoms with Crippen molar-refractivity contribution in [3.8, 4) is 0 Å². The van der Waals surface area contributed by atoms with Crippen LogP contribution in [0.5, 0.6) is 0 Å². The molecule has 3 aromatic rings. The van der Waals surface area contributed by atoms with Gasteiger partial charge in [0.15, 0.2) is 9.84 Å². The zero-order valence-electron chi connectivity index (χ0n) is 16.9. The van der Waals surface area contributed by atoms with Crippen molar-refractivity contribution in [2.24, 2.45) is 0 Å². The van der Waals surface area contributed by atoms with Gasteiger partial charge in [-0.25, -0.2) is 13.2 Å². The van der Waals surface area contributed by atoms with E-state index in [4.69, 9.17) is 11.6 Å². The minimum absolute atomic E-state index is 0.0459. The summed E-state index contributed by atoms with van der Waals surface area (Å²) in [6, 6.07) is 18.6. The predicted octanol–water partition coefficient (Wildman–Crippen LogP) is 4.55. The third-order valence-corrected chi connectivity index (χ3v) is 7.61. The summed E-state index contributed by atoms with van der Waals surface area (Å²) in [5.74, 6) is -1.51. The molecule has 1 aliphatic heterocycles. The number of rotatable bonds is 4. The van der Waals surface area contributed by atoms with E-state index in [9.17, 15) is 23.1 Å². The Kier molecular flexibility index (Phi) is 4.48. The van der Waals surface area contributed by atoms with Gasteiger partial charge in [-0.05, 0) is 53.9 Å². The second-order valence-electron chi connectivity index (χ2n) is 8.23. The fourth-order valence-corrected chi connectivity index (χ4v) is 5.47. The lowest BCUT2D eigenvalue weighted by Crippen LogP contribution is -2.29. The van der Waals surface area contributed by atoms with Gasteiger partial charge in [0.1, 0.15) is 0 Å². The van der Waals surface area contributed by atoms with E-state index in [1.54, 1.807) is 24.3 Å². The van der Waals surface area contributed by atoms with Gasteiger partial charge in [0.05, 0.1) is 27.2 Å². The first-order valence-electron chi connectivity index (χ1n) is 9.91. The molecule has 0 bridgehead atoms. The molecule has 2 aliphatic rings. The van der Waals surface area contributed by atoms with Crippen molar-refractivity contribution in [3.63, 3.8) is 0 Å². The lowest BCUT2D eigenvalue weighted by atomic mass is 9.92. The van der Waals surface area contributed by atoms with Crippen molar-refractivity contribution < 1.29 is 23.1 Å². The van der Waals surface area contributed by atoms with Crippen molar-refractivity contribution in [1.82, 2.24) is 0 Å². The summed E-state index contributed by atoms with van der Waals surface area (Å²) in [7, 11) is -3.69. The topological polar surface area (TPSA) is 91.8 Å². The van der Waals surface area contributed by atoms with Crippen LogP contribution in [0, 0.1) is 0 Å². The van der Waals surface area contributed by atoms with Gasteiger partial charge in [-0.15, -0.1) is 0 Å². The maximum atomic E-state index is 13.8. The van der Waals surface area contributed by atoms with E-state index in [1.807, 2.05) is 24.3 Å². The maximum Gasteiger partial charge on any atom is 0.335 e. The van der Waals surface area contributed by atoms with Crippen molar-refractivity contribution in [2.45, 2.75) is 22.6 Å². The van der Waals surface area contributed by atoms with E-state index in [-0.39, 0.29) is 28.0 Å². The largest absolute Gasteiger partial charge is 0.478 e. The number of anilines is 2. The first kappa shape index (κ1) is 20.7. The third-order valence-electron chi connectivity index (χ3n) is 6.27. The number of sulfone groups is 1. The predicted molar refractivity (Wildman–Crippen MR) is 121 cm³/mol. The second kappa shape index (κ2) is 6.92. The molecule has 32 heavy (non-hydrogen) atoms. The Bertz CT molecular complexity index is 1400. The van der Waals surface area contributed by atoms with Gasteiger partial charge < -0.3 is 5.11 Å². The summed E-state index contributed by atoms with van der Waals surface area (Å²) in [4.78, 5) is 26.8. The molecule has 2 unspecified atom stereocenters. The van der Waals surface area contributed by atoms with E-state index in [0.717, 1.165) is 23.4 Å². The molecule has 5 rings (SSSR count). The first-order valence-corrected chi connectivity index (χ1v) is 12.2. The van der Waals surface area contributed by atoms with E-state index in [2.05, 4.69) is 0 Å². The van der Waals surface area contributed by atoms with Gasteiger partial charge in [-0.3, -0.25) is 9.69 Å². The maximum absolute atomic E-state index is 13.8. The summed E-state index contributed by atoms with van der Waals surface area (Å²) >= 11 is 6.02. The van der Waals surface area contributed by atoms with Crippen molar-refractivity contribution in [3.05, 3.63) is 88.4 Å². The number of carbonyl (C=O) groups excluding carboxylic acids is 1. The van der Waals surface area contributed by atoms with Crippen LogP contribution in [0.4, 0.5) is 11.4 Å². The smallest absolute Gasteiger partial charge is 0.335 e. The summed E-state index contributed by atoms with van der Waals surface area (Å²) in [6.07, 6.45) is 1.62. The molecular weight excluding hydrogens is 450 g/mol. The number of nitrogens with zero attached hydrogens (tertiary/aromatic N) is 1. The van der Waals surface area contributed by atoms with E-state index < -0.39 is 21.2 Å². The average Bonchev–Trinajstić information content (AvgIpc) is 3.45. The Balaban J connectivity index is 1.66. The van der Waals surface area contributed by atoms with Crippen LogP contribution < -0.4 is 4.90 Å². The van der Waals surface area contributed by atoms with E-state index in [0.29, 0.717) is 17.1 Å².